The molecule has 1 unspecified atom stereocenters. The predicted molar refractivity (Wildman–Crippen MR) is 111 cm³/mol. The van der Waals surface area contributed by atoms with Crippen molar-refractivity contribution in [3.8, 4) is 0 Å². The van der Waals surface area contributed by atoms with Crippen LogP contribution >= 0.6 is 22.9 Å². The Bertz CT molecular complexity index is 953. The van der Waals surface area contributed by atoms with Crippen LogP contribution in [-0.4, -0.2) is 36.7 Å². The van der Waals surface area contributed by atoms with Gasteiger partial charge in [0.15, 0.2) is 0 Å². The number of thiazole rings is 1. The highest BCUT2D eigenvalue weighted by Crippen LogP contribution is 2.28. The Kier molecular flexibility index (Phi) is 6.75. The van der Waals surface area contributed by atoms with E-state index in [2.05, 4.69) is 10.3 Å². The van der Waals surface area contributed by atoms with Gasteiger partial charge < -0.3 is 5.32 Å². The van der Waals surface area contributed by atoms with Gasteiger partial charge >= 0.3 is 0 Å². The molecule has 3 rings (SSSR count). The number of aromatic nitrogens is 1. The molecular weight excluding hydrogens is 418 g/mol. The zero-order valence-corrected chi connectivity index (χ0v) is 18.3. The van der Waals surface area contributed by atoms with Crippen LogP contribution in [-0.2, 0) is 10.0 Å². The lowest BCUT2D eigenvalue weighted by Gasteiger charge is -2.26. The van der Waals surface area contributed by atoms with Crippen LogP contribution in [0.15, 0.2) is 28.5 Å². The van der Waals surface area contributed by atoms with Crippen LogP contribution in [0.5, 0.6) is 0 Å². The summed E-state index contributed by atoms with van der Waals surface area (Å²) >= 11 is 7.69. The minimum atomic E-state index is -3.72. The molecule has 0 spiro atoms. The van der Waals surface area contributed by atoms with Crippen molar-refractivity contribution in [1.82, 2.24) is 14.6 Å². The van der Waals surface area contributed by atoms with Crippen molar-refractivity contribution < 1.29 is 13.2 Å². The minimum Gasteiger partial charge on any atom is -0.343 e. The van der Waals surface area contributed by atoms with Crippen LogP contribution < -0.4 is 5.32 Å². The van der Waals surface area contributed by atoms with Gasteiger partial charge in [0.05, 0.1) is 11.1 Å². The first kappa shape index (κ1) is 21.2. The van der Waals surface area contributed by atoms with Gasteiger partial charge in [0.1, 0.15) is 9.90 Å². The van der Waals surface area contributed by atoms with Gasteiger partial charge in [0, 0.05) is 29.7 Å². The van der Waals surface area contributed by atoms with Crippen LogP contribution in [0.2, 0.25) is 5.02 Å². The Morgan fingerprint density at radius 3 is 2.64 bits per heavy atom. The van der Waals surface area contributed by atoms with Gasteiger partial charge in [-0.2, -0.15) is 4.31 Å². The van der Waals surface area contributed by atoms with E-state index >= 15 is 0 Å². The van der Waals surface area contributed by atoms with E-state index in [0.717, 1.165) is 30.0 Å². The lowest BCUT2D eigenvalue weighted by Crippen LogP contribution is -2.36. The van der Waals surface area contributed by atoms with Crippen molar-refractivity contribution in [3.05, 3.63) is 44.9 Å². The van der Waals surface area contributed by atoms with Gasteiger partial charge in [-0.3, -0.25) is 4.79 Å². The molecule has 6 nitrogen and oxygen atoms in total. The predicted octanol–water partition coefficient (Wildman–Crippen LogP) is 4.16. The Morgan fingerprint density at radius 2 is 2.04 bits per heavy atom. The zero-order valence-electron chi connectivity index (χ0n) is 15.9. The van der Waals surface area contributed by atoms with Gasteiger partial charge in [-0.05, 0) is 44.4 Å². The molecule has 1 saturated heterocycles. The molecule has 1 fully saturated rings. The lowest BCUT2D eigenvalue weighted by molar-refractivity contribution is 0.0935. The number of hydrogen-bond acceptors (Lipinski definition) is 5. The first-order valence-corrected chi connectivity index (χ1v) is 12.0. The van der Waals surface area contributed by atoms with Crippen LogP contribution in [0.1, 0.15) is 59.7 Å². The summed E-state index contributed by atoms with van der Waals surface area (Å²) in [7, 11) is -3.72. The average Bonchev–Trinajstić information content (AvgIpc) is 3.13. The minimum absolute atomic E-state index is 0.0122. The van der Waals surface area contributed by atoms with Crippen LogP contribution in [0.4, 0.5) is 0 Å². The van der Waals surface area contributed by atoms with Crippen LogP contribution in [0, 0.1) is 6.92 Å². The van der Waals surface area contributed by atoms with Gasteiger partial charge in [0.2, 0.25) is 10.0 Å². The number of aryl methyl sites for hydroxylation is 1. The number of piperidine rings is 1. The van der Waals surface area contributed by atoms with Crippen molar-refractivity contribution in [1.29, 1.82) is 0 Å². The van der Waals surface area contributed by atoms with E-state index in [1.54, 1.807) is 6.07 Å². The Balaban J connectivity index is 1.84. The number of sulfonamides is 1. The summed E-state index contributed by atoms with van der Waals surface area (Å²) in [5.74, 6) is -0.341. The van der Waals surface area contributed by atoms with E-state index in [1.807, 2.05) is 19.2 Å². The number of benzene rings is 1. The molecule has 0 radical (unpaired) electrons. The molecule has 0 bridgehead atoms. The van der Waals surface area contributed by atoms with Crippen molar-refractivity contribution >= 4 is 38.9 Å². The maximum absolute atomic E-state index is 13.0. The van der Waals surface area contributed by atoms with Gasteiger partial charge in [0.25, 0.3) is 5.91 Å². The second-order valence-corrected chi connectivity index (χ2v) is 10.1. The van der Waals surface area contributed by atoms with Gasteiger partial charge in [-0.15, -0.1) is 11.3 Å². The summed E-state index contributed by atoms with van der Waals surface area (Å²) in [6.45, 7) is 4.84. The summed E-state index contributed by atoms with van der Waals surface area (Å²) in [5, 5.41) is 5.85. The molecular formula is C19H24ClN3O3S2. The number of hydrogen-bond donors (Lipinski definition) is 1. The third-order valence-corrected chi connectivity index (χ3v) is 8.23. The smallest absolute Gasteiger partial charge is 0.251 e. The molecule has 1 aromatic carbocycles. The molecule has 1 aliphatic rings. The fourth-order valence-electron chi connectivity index (χ4n) is 3.20. The maximum Gasteiger partial charge on any atom is 0.251 e. The molecule has 1 aliphatic heterocycles. The first-order chi connectivity index (χ1) is 13.3. The molecule has 28 heavy (non-hydrogen) atoms. The molecule has 1 amide bonds. The molecule has 1 N–H and O–H groups in total. The quantitative estimate of drug-likeness (QED) is 0.729. The third kappa shape index (κ3) is 4.56. The normalized spacial score (nSPS) is 16.7. The van der Waals surface area contributed by atoms with Crippen molar-refractivity contribution in [2.75, 3.05) is 13.1 Å². The highest BCUT2D eigenvalue weighted by Gasteiger charge is 2.29. The molecule has 0 saturated carbocycles. The molecule has 1 aromatic heterocycles. The van der Waals surface area contributed by atoms with Crippen LogP contribution in [0.25, 0.3) is 0 Å². The van der Waals surface area contributed by atoms with Gasteiger partial charge in [-0.1, -0.05) is 24.9 Å². The number of carbonyl (C=O) groups excluding carboxylic acids is 1. The van der Waals surface area contributed by atoms with E-state index in [4.69, 9.17) is 11.6 Å². The summed E-state index contributed by atoms with van der Waals surface area (Å²) in [6, 6.07) is 4.18. The molecule has 2 heterocycles. The van der Waals surface area contributed by atoms with Gasteiger partial charge in [-0.25, -0.2) is 13.4 Å². The Hall–Kier alpha value is -1.48. The first-order valence-electron chi connectivity index (χ1n) is 9.35. The maximum atomic E-state index is 13.0. The topological polar surface area (TPSA) is 79.4 Å². The number of carbonyl (C=O) groups is 1. The summed E-state index contributed by atoms with van der Waals surface area (Å²) in [5.41, 5.74) is 1.18. The molecule has 1 atom stereocenters. The monoisotopic (exact) mass is 441 g/mol. The number of amides is 1. The summed E-state index contributed by atoms with van der Waals surface area (Å²) in [6.07, 6.45) is 3.38. The van der Waals surface area contributed by atoms with E-state index in [9.17, 15) is 13.2 Å². The highest BCUT2D eigenvalue weighted by molar-refractivity contribution is 7.89. The van der Waals surface area contributed by atoms with E-state index in [-0.39, 0.29) is 27.4 Å². The van der Waals surface area contributed by atoms with Crippen molar-refractivity contribution in [3.63, 3.8) is 0 Å². The molecule has 0 aliphatic carbocycles. The standard InChI is InChI=1S/C19H24ClN3O3S2/c1-3-16(19-21-13(2)12-27-19)22-18(24)14-7-8-15(20)17(11-14)28(25,26)23-9-5-4-6-10-23/h7-8,11-12,16H,3-6,9-10H2,1-2H3,(H,22,24). The summed E-state index contributed by atoms with van der Waals surface area (Å²) in [4.78, 5) is 17.2. The fourth-order valence-corrected chi connectivity index (χ4v) is 6.15. The average molecular weight is 442 g/mol. The third-order valence-electron chi connectivity index (χ3n) is 4.77. The van der Waals surface area contributed by atoms with E-state index in [0.29, 0.717) is 19.5 Å². The largest absolute Gasteiger partial charge is 0.343 e. The number of halogens is 1. The summed E-state index contributed by atoms with van der Waals surface area (Å²) < 4.78 is 27.4. The SMILES string of the molecule is CCC(NC(=O)c1ccc(Cl)c(S(=O)(=O)N2CCCCC2)c1)c1nc(C)cs1. The van der Waals surface area contributed by atoms with Crippen LogP contribution in [0.3, 0.4) is 0 Å². The second kappa shape index (κ2) is 8.90. The Morgan fingerprint density at radius 1 is 1.32 bits per heavy atom. The number of rotatable bonds is 6. The molecule has 9 heteroatoms. The Labute approximate surface area is 175 Å². The lowest BCUT2D eigenvalue weighted by atomic mass is 10.1. The zero-order chi connectivity index (χ0) is 20.3. The van der Waals surface area contributed by atoms with Crippen molar-refractivity contribution in [2.45, 2.75) is 50.5 Å². The number of nitrogens with zero attached hydrogens (tertiary/aromatic N) is 2. The molecule has 2 aromatic rings. The van der Waals surface area contributed by atoms with Crippen molar-refractivity contribution in [2.24, 2.45) is 0 Å². The fraction of sp³-hybridized carbons (Fsp3) is 0.474. The highest BCUT2D eigenvalue weighted by atomic mass is 35.5. The second-order valence-electron chi connectivity index (χ2n) is 6.87. The molecule has 152 valence electrons. The van der Waals surface area contributed by atoms with E-state index in [1.165, 1.54) is 27.8 Å². The number of nitrogens with one attached hydrogen (secondary N) is 1. The van der Waals surface area contributed by atoms with E-state index < -0.39 is 10.0 Å².